The van der Waals surface area contributed by atoms with Crippen LogP contribution in [0.15, 0.2) is 5.38 Å². The first-order valence-corrected chi connectivity index (χ1v) is 8.65. The second-order valence-electron chi connectivity index (χ2n) is 6.93. The molecule has 1 unspecified atom stereocenters. The number of thiazole rings is 1. The molecule has 0 aliphatic carbocycles. The lowest BCUT2D eigenvalue weighted by molar-refractivity contribution is -0.137. The predicted octanol–water partition coefficient (Wildman–Crippen LogP) is 3.66. The highest BCUT2D eigenvalue weighted by Gasteiger charge is 2.25. The van der Waals surface area contributed by atoms with Crippen molar-refractivity contribution in [3.63, 3.8) is 0 Å². The van der Waals surface area contributed by atoms with E-state index in [-0.39, 0.29) is 11.8 Å². The molecular formula is C16H26N2O2S. The van der Waals surface area contributed by atoms with Crippen molar-refractivity contribution < 1.29 is 9.90 Å². The van der Waals surface area contributed by atoms with Gasteiger partial charge in [-0.3, -0.25) is 9.69 Å². The van der Waals surface area contributed by atoms with Gasteiger partial charge in [0.15, 0.2) is 0 Å². The molecule has 0 amide bonds. The average molecular weight is 310 g/mol. The maximum absolute atomic E-state index is 10.8. The lowest BCUT2D eigenvalue weighted by Gasteiger charge is -2.35. The fourth-order valence-corrected chi connectivity index (χ4v) is 3.83. The van der Waals surface area contributed by atoms with Gasteiger partial charge in [0.1, 0.15) is 5.01 Å². The number of aromatic nitrogens is 1. The molecule has 0 radical (unpaired) electrons. The minimum Gasteiger partial charge on any atom is -0.481 e. The molecule has 118 valence electrons. The molecule has 0 bridgehead atoms. The lowest BCUT2D eigenvalue weighted by atomic mass is 9.93. The molecule has 1 fully saturated rings. The normalized spacial score (nSPS) is 20.6. The number of nitrogens with zero attached hydrogens (tertiary/aromatic N) is 2. The number of hydrogen-bond donors (Lipinski definition) is 1. The molecular weight excluding hydrogens is 284 g/mol. The van der Waals surface area contributed by atoms with E-state index in [1.165, 1.54) is 12.8 Å². The van der Waals surface area contributed by atoms with E-state index in [1.54, 1.807) is 11.3 Å². The molecule has 1 aromatic rings. The van der Waals surface area contributed by atoms with Gasteiger partial charge in [-0.05, 0) is 25.8 Å². The number of hydrogen-bond acceptors (Lipinski definition) is 4. The summed E-state index contributed by atoms with van der Waals surface area (Å²) < 4.78 is 0. The third-order valence-corrected chi connectivity index (χ3v) is 4.93. The quantitative estimate of drug-likeness (QED) is 0.901. The number of carboxylic acids is 1. The number of rotatable bonds is 5. The Morgan fingerprint density at radius 2 is 2.24 bits per heavy atom. The monoisotopic (exact) mass is 310 g/mol. The van der Waals surface area contributed by atoms with Crippen LogP contribution >= 0.6 is 11.3 Å². The maximum Gasteiger partial charge on any atom is 0.303 e. The second kappa shape index (κ2) is 6.88. The number of piperidine rings is 1. The van der Waals surface area contributed by atoms with Crippen LogP contribution in [0.3, 0.4) is 0 Å². The molecule has 0 spiro atoms. The molecule has 0 saturated carbocycles. The fourth-order valence-electron chi connectivity index (χ4n) is 2.79. The van der Waals surface area contributed by atoms with Gasteiger partial charge in [-0.2, -0.15) is 0 Å². The summed E-state index contributed by atoms with van der Waals surface area (Å²) in [6.45, 7) is 8.48. The molecule has 1 N–H and O–H groups in total. The zero-order valence-corrected chi connectivity index (χ0v) is 14.1. The summed E-state index contributed by atoms with van der Waals surface area (Å²) in [5.41, 5.74) is 1.25. The Hall–Kier alpha value is -0.940. The third-order valence-electron chi connectivity index (χ3n) is 4.10. The van der Waals surface area contributed by atoms with Crippen molar-refractivity contribution in [1.29, 1.82) is 0 Å². The van der Waals surface area contributed by atoms with Gasteiger partial charge in [-0.15, -0.1) is 11.3 Å². The minimum atomic E-state index is -0.690. The summed E-state index contributed by atoms with van der Waals surface area (Å²) in [7, 11) is 0. The van der Waals surface area contributed by atoms with Gasteiger partial charge in [0.2, 0.25) is 0 Å². The van der Waals surface area contributed by atoms with E-state index in [2.05, 4.69) is 31.1 Å². The van der Waals surface area contributed by atoms with E-state index in [0.29, 0.717) is 6.04 Å². The lowest BCUT2D eigenvalue weighted by Crippen LogP contribution is -2.39. The predicted molar refractivity (Wildman–Crippen MR) is 85.7 cm³/mol. The van der Waals surface area contributed by atoms with E-state index in [0.717, 1.165) is 36.6 Å². The molecule has 1 aliphatic rings. The molecule has 0 aromatic carbocycles. The SMILES string of the molecule is CC(C)(C)c1csc(CN2CCCCC2CCC(=O)O)n1. The van der Waals surface area contributed by atoms with Gasteiger partial charge in [0.25, 0.3) is 0 Å². The van der Waals surface area contributed by atoms with Crippen LogP contribution in [0.5, 0.6) is 0 Å². The standard InChI is InChI=1S/C16H26N2O2S/c1-16(2,3)13-11-21-14(17-13)10-18-9-5-4-6-12(18)7-8-15(19)20/h11-12H,4-10H2,1-3H3,(H,19,20). The maximum atomic E-state index is 10.8. The summed E-state index contributed by atoms with van der Waals surface area (Å²) in [6, 6.07) is 0.400. The van der Waals surface area contributed by atoms with Crippen LogP contribution in [0.25, 0.3) is 0 Å². The molecule has 5 heteroatoms. The molecule has 1 atom stereocenters. The van der Waals surface area contributed by atoms with Gasteiger partial charge in [-0.1, -0.05) is 27.2 Å². The van der Waals surface area contributed by atoms with Crippen molar-refractivity contribution in [1.82, 2.24) is 9.88 Å². The third kappa shape index (κ3) is 4.78. The summed E-state index contributed by atoms with van der Waals surface area (Å²) in [5.74, 6) is -0.690. The molecule has 1 aliphatic heterocycles. The van der Waals surface area contributed by atoms with Crippen LogP contribution in [-0.4, -0.2) is 33.5 Å². The van der Waals surface area contributed by atoms with E-state index in [1.807, 2.05) is 0 Å². The molecule has 21 heavy (non-hydrogen) atoms. The highest BCUT2D eigenvalue weighted by molar-refractivity contribution is 7.09. The Bertz CT molecular complexity index is 479. The summed E-state index contributed by atoms with van der Waals surface area (Å²) in [5, 5.41) is 12.2. The van der Waals surface area contributed by atoms with Crippen LogP contribution in [0.1, 0.15) is 63.6 Å². The van der Waals surface area contributed by atoms with E-state index in [9.17, 15) is 4.79 Å². The van der Waals surface area contributed by atoms with Crippen LogP contribution in [0.2, 0.25) is 0 Å². The van der Waals surface area contributed by atoms with Crippen molar-refractivity contribution in [2.24, 2.45) is 0 Å². The topological polar surface area (TPSA) is 53.4 Å². The van der Waals surface area contributed by atoms with Gasteiger partial charge in [0, 0.05) is 23.3 Å². The fraction of sp³-hybridized carbons (Fsp3) is 0.750. The van der Waals surface area contributed by atoms with Crippen molar-refractivity contribution >= 4 is 17.3 Å². The highest BCUT2D eigenvalue weighted by Crippen LogP contribution is 2.27. The van der Waals surface area contributed by atoms with E-state index >= 15 is 0 Å². The molecule has 4 nitrogen and oxygen atoms in total. The van der Waals surface area contributed by atoms with Gasteiger partial charge >= 0.3 is 5.97 Å². The van der Waals surface area contributed by atoms with Crippen molar-refractivity contribution in [3.05, 3.63) is 16.1 Å². The number of aliphatic carboxylic acids is 1. The molecule has 2 heterocycles. The van der Waals surface area contributed by atoms with Crippen molar-refractivity contribution in [2.75, 3.05) is 6.54 Å². The summed E-state index contributed by atoms with van der Waals surface area (Å²) in [4.78, 5) is 18.0. The zero-order chi connectivity index (χ0) is 15.5. The Kier molecular flexibility index (Phi) is 5.38. The van der Waals surface area contributed by atoms with E-state index < -0.39 is 5.97 Å². The Morgan fingerprint density at radius 1 is 1.48 bits per heavy atom. The van der Waals surface area contributed by atoms with Gasteiger partial charge < -0.3 is 5.11 Å². The number of likely N-dealkylation sites (tertiary alicyclic amines) is 1. The van der Waals surface area contributed by atoms with Gasteiger partial charge in [0.05, 0.1) is 12.2 Å². The Labute approximate surface area is 131 Å². The summed E-state index contributed by atoms with van der Waals surface area (Å²) in [6.07, 6.45) is 4.57. The van der Waals surface area contributed by atoms with Crippen molar-refractivity contribution in [2.45, 2.75) is 70.9 Å². The minimum absolute atomic E-state index is 0.0966. The summed E-state index contributed by atoms with van der Waals surface area (Å²) >= 11 is 1.73. The largest absolute Gasteiger partial charge is 0.481 e. The van der Waals surface area contributed by atoms with Crippen LogP contribution in [-0.2, 0) is 16.8 Å². The van der Waals surface area contributed by atoms with Gasteiger partial charge in [-0.25, -0.2) is 4.98 Å². The van der Waals surface area contributed by atoms with Crippen molar-refractivity contribution in [3.8, 4) is 0 Å². The zero-order valence-electron chi connectivity index (χ0n) is 13.3. The smallest absolute Gasteiger partial charge is 0.303 e. The molecule has 2 rings (SSSR count). The van der Waals surface area contributed by atoms with E-state index in [4.69, 9.17) is 10.1 Å². The Morgan fingerprint density at radius 3 is 2.86 bits per heavy atom. The van der Waals surface area contributed by atoms with Crippen LogP contribution in [0.4, 0.5) is 0 Å². The first-order chi connectivity index (χ1) is 9.86. The second-order valence-corrected chi connectivity index (χ2v) is 7.87. The average Bonchev–Trinajstić information content (AvgIpc) is 2.86. The van der Waals surface area contributed by atoms with Crippen LogP contribution in [0, 0.1) is 0 Å². The first-order valence-electron chi connectivity index (χ1n) is 7.77. The molecule has 1 aromatic heterocycles. The number of carbonyl (C=O) groups is 1. The Balaban J connectivity index is 1.98. The highest BCUT2D eigenvalue weighted by atomic mass is 32.1. The number of carboxylic acid groups (broad SMARTS) is 1. The van der Waals surface area contributed by atoms with Crippen LogP contribution < -0.4 is 0 Å². The first kappa shape index (κ1) is 16.4. The molecule has 1 saturated heterocycles.